The molecule has 2 amide bonds. The third-order valence-electron chi connectivity index (χ3n) is 9.90. The molecule has 5 rings (SSSR count). The number of fused-ring (bicyclic) bond motifs is 2. The summed E-state index contributed by atoms with van der Waals surface area (Å²) in [5.74, 6) is -0.131. The number of nitrogens with zero attached hydrogens (tertiary/aromatic N) is 2. The van der Waals surface area contributed by atoms with Gasteiger partial charge in [0.15, 0.2) is 0 Å². The van der Waals surface area contributed by atoms with Crippen LogP contribution < -0.4 is 10.6 Å². The van der Waals surface area contributed by atoms with Crippen molar-refractivity contribution in [2.24, 2.45) is 13.0 Å². The molecule has 9 nitrogen and oxygen atoms in total. The molecule has 9 heteroatoms. The summed E-state index contributed by atoms with van der Waals surface area (Å²) < 4.78 is 13.1. The van der Waals surface area contributed by atoms with Crippen LogP contribution in [0.4, 0.5) is 4.79 Å². The smallest absolute Gasteiger partial charge is 0.408 e. The molecular formula is C38H52N4O5. The van der Waals surface area contributed by atoms with Crippen molar-refractivity contribution in [3.05, 3.63) is 71.4 Å². The first-order valence-electron chi connectivity index (χ1n) is 17.5. The van der Waals surface area contributed by atoms with Crippen molar-refractivity contribution < 1.29 is 23.9 Å². The van der Waals surface area contributed by atoms with Gasteiger partial charge in [-0.3, -0.25) is 9.59 Å². The number of aromatic nitrogens is 1. The molecule has 1 aliphatic carbocycles. The SMILES string of the molecule is CCCCCCCCCC(=O)OC[C@H](NC(=O)OCc1ccccc1)C(=O)NC[C@@H]1CC2c3cccc4c3c(cn4C)C[C@H]2N(C)C1. The van der Waals surface area contributed by atoms with Crippen LogP contribution in [0.2, 0.25) is 0 Å². The van der Waals surface area contributed by atoms with E-state index in [0.29, 0.717) is 24.9 Å². The van der Waals surface area contributed by atoms with Gasteiger partial charge in [-0.05, 0) is 55.0 Å². The lowest BCUT2D eigenvalue weighted by Crippen LogP contribution is -2.53. The third kappa shape index (κ3) is 9.15. The first-order chi connectivity index (χ1) is 22.8. The molecule has 2 N–H and O–H groups in total. The number of likely N-dealkylation sites (N-methyl/N-ethyl adjacent to an activating group) is 1. The molecule has 0 bridgehead atoms. The number of esters is 1. The molecule has 254 valence electrons. The minimum absolute atomic E-state index is 0.0753. The van der Waals surface area contributed by atoms with Crippen molar-refractivity contribution in [2.45, 2.75) is 95.7 Å². The highest BCUT2D eigenvalue weighted by Gasteiger charge is 2.40. The average Bonchev–Trinajstić information content (AvgIpc) is 3.40. The topological polar surface area (TPSA) is 102 Å². The molecule has 0 spiro atoms. The number of hydrogen-bond acceptors (Lipinski definition) is 6. The predicted octanol–water partition coefficient (Wildman–Crippen LogP) is 6.23. The molecule has 1 aliphatic heterocycles. The molecular weight excluding hydrogens is 592 g/mol. The molecule has 2 heterocycles. The van der Waals surface area contributed by atoms with Gasteiger partial charge in [-0.1, -0.05) is 87.9 Å². The van der Waals surface area contributed by atoms with Gasteiger partial charge >= 0.3 is 12.1 Å². The van der Waals surface area contributed by atoms with Crippen LogP contribution in [0.1, 0.15) is 87.3 Å². The maximum Gasteiger partial charge on any atom is 0.408 e. The van der Waals surface area contributed by atoms with Crippen molar-refractivity contribution in [3.63, 3.8) is 0 Å². The van der Waals surface area contributed by atoms with E-state index >= 15 is 0 Å². The van der Waals surface area contributed by atoms with Crippen LogP contribution in [0.5, 0.6) is 0 Å². The average molecular weight is 645 g/mol. The molecule has 0 saturated carbocycles. The molecule has 2 aliphatic rings. The summed E-state index contributed by atoms with van der Waals surface area (Å²) in [6.07, 6.45) is 11.5. The number of aryl methyl sites for hydroxylation is 1. The molecule has 2 aromatic carbocycles. The number of piperidine rings is 1. The van der Waals surface area contributed by atoms with Crippen LogP contribution in [0.15, 0.2) is 54.7 Å². The van der Waals surface area contributed by atoms with Crippen molar-refractivity contribution >= 4 is 28.9 Å². The Kier molecular flexibility index (Phi) is 12.3. The minimum atomic E-state index is -1.05. The number of ether oxygens (including phenoxy) is 2. The lowest BCUT2D eigenvalue weighted by atomic mass is 9.72. The summed E-state index contributed by atoms with van der Waals surface area (Å²) in [7, 11) is 4.29. The normalized spacial score (nSPS) is 19.5. The molecule has 47 heavy (non-hydrogen) atoms. The number of alkyl carbamates (subject to hydrolysis) is 1. The monoisotopic (exact) mass is 644 g/mol. The van der Waals surface area contributed by atoms with E-state index in [2.05, 4.69) is 65.5 Å². The van der Waals surface area contributed by atoms with Crippen LogP contribution in [0.3, 0.4) is 0 Å². The van der Waals surface area contributed by atoms with E-state index in [9.17, 15) is 14.4 Å². The fraction of sp³-hybridized carbons (Fsp3) is 0.553. The highest BCUT2D eigenvalue weighted by Crippen LogP contribution is 2.44. The van der Waals surface area contributed by atoms with Crippen molar-refractivity contribution in [2.75, 3.05) is 26.7 Å². The van der Waals surface area contributed by atoms with Gasteiger partial charge in [0.1, 0.15) is 19.3 Å². The number of nitrogens with one attached hydrogen (secondary N) is 2. The second kappa shape index (κ2) is 16.8. The van der Waals surface area contributed by atoms with E-state index in [1.54, 1.807) is 0 Å². The van der Waals surface area contributed by atoms with Gasteiger partial charge in [-0.15, -0.1) is 0 Å². The maximum atomic E-state index is 13.5. The second-order valence-electron chi connectivity index (χ2n) is 13.5. The Balaban J connectivity index is 1.16. The Morgan fingerprint density at radius 3 is 2.49 bits per heavy atom. The summed E-state index contributed by atoms with van der Waals surface area (Å²) in [6.45, 7) is 3.36. The molecule has 4 atom stereocenters. The van der Waals surface area contributed by atoms with Gasteiger partial charge in [-0.2, -0.15) is 0 Å². The lowest BCUT2D eigenvalue weighted by molar-refractivity contribution is -0.145. The molecule has 1 saturated heterocycles. The second-order valence-corrected chi connectivity index (χ2v) is 13.5. The number of unbranched alkanes of at least 4 members (excludes halogenated alkanes) is 6. The Bertz CT molecular complexity index is 1490. The van der Waals surface area contributed by atoms with E-state index in [1.165, 1.54) is 47.7 Å². The summed E-state index contributed by atoms with van der Waals surface area (Å²) in [6, 6.07) is 15.3. The van der Waals surface area contributed by atoms with Gasteiger partial charge in [0.25, 0.3) is 0 Å². The number of hydrogen-bond donors (Lipinski definition) is 2. The largest absolute Gasteiger partial charge is 0.463 e. The third-order valence-corrected chi connectivity index (χ3v) is 9.90. The van der Waals surface area contributed by atoms with Gasteiger partial charge in [0, 0.05) is 55.6 Å². The predicted molar refractivity (Wildman–Crippen MR) is 184 cm³/mol. The molecule has 0 radical (unpaired) electrons. The first kappa shape index (κ1) is 34.5. The van der Waals surface area contributed by atoms with Crippen LogP contribution in [0.25, 0.3) is 10.9 Å². The van der Waals surface area contributed by atoms with Gasteiger partial charge in [-0.25, -0.2) is 4.79 Å². The van der Waals surface area contributed by atoms with E-state index in [0.717, 1.165) is 44.2 Å². The van der Waals surface area contributed by atoms with E-state index < -0.39 is 12.1 Å². The van der Waals surface area contributed by atoms with Gasteiger partial charge < -0.3 is 29.6 Å². The zero-order valence-electron chi connectivity index (χ0n) is 28.3. The Morgan fingerprint density at radius 2 is 1.70 bits per heavy atom. The number of likely N-dealkylation sites (tertiary alicyclic amines) is 1. The number of benzene rings is 2. The fourth-order valence-corrected chi connectivity index (χ4v) is 7.41. The summed E-state index contributed by atoms with van der Waals surface area (Å²) in [4.78, 5) is 41.2. The Morgan fingerprint density at radius 1 is 0.936 bits per heavy atom. The standard InChI is InChI=1S/C38H52N4O5/c1-4-5-6-7-8-9-13-19-35(43)46-26-32(40-38(45)47-25-27-15-11-10-12-16-27)37(44)39-22-28-20-31-30-17-14-18-33-36(30)29(24-42(33)3)21-34(31)41(2)23-28/h10-12,14-18,24,28,31-32,34H,4-9,13,19-23,25-26H2,1-3H3,(H,39,44)(H,40,45)/t28-,31?,32-,34+/m0/s1. The van der Waals surface area contributed by atoms with Gasteiger partial charge in [0.2, 0.25) is 5.91 Å². The first-order valence-corrected chi connectivity index (χ1v) is 17.5. The van der Waals surface area contributed by atoms with Crippen molar-refractivity contribution in [1.82, 2.24) is 20.1 Å². The van der Waals surface area contributed by atoms with Crippen LogP contribution >= 0.6 is 0 Å². The Labute approximate surface area is 279 Å². The number of amides is 2. The summed E-state index contributed by atoms with van der Waals surface area (Å²) in [5, 5.41) is 7.09. The van der Waals surface area contributed by atoms with E-state index in [4.69, 9.17) is 9.47 Å². The van der Waals surface area contributed by atoms with Crippen molar-refractivity contribution in [3.8, 4) is 0 Å². The Hall–Kier alpha value is -3.85. The molecule has 1 unspecified atom stereocenters. The maximum absolute atomic E-state index is 13.5. The van der Waals surface area contributed by atoms with Gasteiger partial charge in [0.05, 0.1) is 0 Å². The van der Waals surface area contributed by atoms with Crippen LogP contribution in [-0.4, -0.2) is 66.3 Å². The quantitative estimate of drug-likeness (QED) is 0.142. The summed E-state index contributed by atoms with van der Waals surface area (Å²) in [5.41, 5.74) is 4.91. The number of carbonyl (C=O) groups is 3. The van der Waals surface area contributed by atoms with Crippen molar-refractivity contribution in [1.29, 1.82) is 0 Å². The summed E-state index contributed by atoms with van der Waals surface area (Å²) >= 11 is 0. The highest BCUT2D eigenvalue weighted by atomic mass is 16.6. The lowest BCUT2D eigenvalue weighted by Gasteiger charge is -2.45. The number of rotatable bonds is 16. The van der Waals surface area contributed by atoms with Crippen LogP contribution in [0, 0.1) is 5.92 Å². The zero-order chi connectivity index (χ0) is 33.2. The van der Waals surface area contributed by atoms with E-state index in [-0.39, 0.29) is 31.0 Å². The molecule has 1 fully saturated rings. The molecule has 1 aromatic heterocycles. The van der Waals surface area contributed by atoms with E-state index in [1.807, 2.05) is 30.3 Å². The highest BCUT2D eigenvalue weighted by molar-refractivity contribution is 5.89. The molecule has 3 aromatic rings. The fourth-order valence-electron chi connectivity index (χ4n) is 7.41. The zero-order valence-corrected chi connectivity index (χ0v) is 28.3. The van der Waals surface area contributed by atoms with Crippen LogP contribution in [-0.2, 0) is 39.1 Å². The minimum Gasteiger partial charge on any atom is -0.463 e. The number of carbonyl (C=O) groups excluding carboxylic acids is 3.